The molecule has 0 fully saturated rings. The van der Waals surface area contributed by atoms with Gasteiger partial charge in [0.05, 0.1) is 7.11 Å². The number of methoxy groups -OCH3 is 1. The van der Waals surface area contributed by atoms with Crippen molar-refractivity contribution in [2.45, 2.75) is 44.9 Å². The van der Waals surface area contributed by atoms with Crippen LogP contribution in [0.25, 0.3) is 17.0 Å². The van der Waals surface area contributed by atoms with Gasteiger partial charge in [0.1, 0.15) is 0 Å². The summed E-state index contributed by atoms with van der Waals surface area (Å²) in [6, 6.07) is 16.0. The standard InChI is InChI=1S/C27H30ClNO3/c1-29-23-18-17-21(28)19-22(23)27(25(30)15-10-16-26(31)32-2)24(29)14-9-4-3-6-11-20-12-7-5-8-13-20/h5-8,11-13,17-19H,3-4,9-10,14-16H2,1-2H3/b11-6+. The van der Waals surface area contributed by atoms with Crippen molar-refractivity contribution in [1.82, 2.24) is 4.57 Å². The number of Topliss-reactive ketones (excluding diaryl/α,β-unsaturated/α-hetero) is 1. The molecule has 1 aromatic heterocycles. The molecule has 32 heavy (non-hydrogen) atoms. The lowest BCUT2D eigenvalue weighted by Crippen LogP contribution is -2.07. The van der Waals surface area contributed by atoms with Crippen LogP contribution in [0.2, 0.25) is 5.02 Å². The predicted octanol–water partition coefficient (Wildman–Crippen LogP) is 6.78. The third-order valence-corrected chi connectivity index (χ3v) is 5.95. The van der Waals surface area contributed by atoms with E-state index in [4.69, 9.17) is 11.6 Å². The molecule has 0 radical (unpaired) electrons. The van der Waals surface area contributed by atoms with Crippen LogP contribution in [0.1, 0.15) is 60.1 Å². The largest absolute Gasteiger partial charge is 0.469 e. The zero-order valence-corrected chi connectivity index (χ0v) is 19.5. The van der Waals surface area contributed by atoms with Crippen LogP contribution in [0.4, 0.5) is 0 Å². The third kappa shape index (κ3) is 6.10. The Kier molecular flexibility index (Phi) is 8.69. The van der Waals surface area contributed by atoms with E-state index in [0.717, 1.165) is 47.8 Å². The van der Waals surface area contributed by atoms with Crippen molar-refractivity contribution in [3.05, 3.63) is 76.5 Å². The van der Waals surface area contributed by atoms with Gasteiger partial charge in [-0.3, -0.25) is 9.59 Å². The van der Waals surface area contributed by atoms with Crippen molar-refractivity contribution in [3.8, 4) is 0 Å². The van der Waals surface area contributed by atoms with E-state index in [0.29, 0.717) is 17.9 Å². The quantitative estimate of drug-likeness (QED) is 0.183. The Balaban J connectivity index is 1.70. The van der Waals surface area contributed by atoms with E-state index < -0.39 is 0 Å². The van der Waals surface area contributed by atoms with Crippen molar-refractivity contribution < 1.29 is 14.3 Å². The number of carbonyl (C=O) groups excluding carboxylic acids is 2. The van der Waals surface area contributed by atoms with Gasteiger partial charge in [-0.05, 0) is 55.9 Å². The normalized spacial score (nSPS) is 11.3. The maximum atomic E-state index is 13.1. The maximum Gasteiger partial charge on any atom is 0.305 e. The summed E-state index contributed by atoms with van der Waals surface area (Å²) in [6.07, 6.45) is 9.23. The van der Waals surface area contributed by atoms with Crippen molar-refractivity contribution in [3.63, 3.8) is 0 Å². The summed E-state index contributed by atoms with van der Waals surface area (Å²) in [4.78, 5) is 24.6. The molecule has 0 unspecified atom stereocenters. The Morgan fingerprint density at radius 1 is 1.03 bits per heavy atom. The fourth-order valence-corrected chi connectivity index (χ4v) is 4.20. The second-order valence-electron chi connectivity index (χ2n) is 7.95. The fraction of sp³-hybridized carbons (Fsp3) is 0.333. The molecule has 5 heteroatoms. The number of unbranched alkanes of at least 4 members (excludes halogenated alkanes) is 2. The number of benzene rings is 2. The smallest absolute Gasteiger partial charge is 0.305 e. The van der Waals surface area contributed by atoms with E-state index in [2.05, 4.69) is 33.6 Å². The van der Waals surface area contributed by atoms with Gasteiger partial charge in [-0.15, -0.1) is 0 Å². The number of hydrogen-bond acceptors (Lipinski definition) is 3. The number of aryl methyl sites for hydroxylation is 1. The first-order valence-corrected chi connectivity index (χ1v) is 11.5. The van der Waals surface area contributed by atoms with Crippen LogP contribution < -0.4 is 0 Å². The molecule has 0 N–H and O–H groups in total. The molecular formula is C27H30ClNO3. The first kappa shape index (κ1) is 23.8. The Hall–Kier alpha value is -2.85. The van der Waals surface area contributed by atoms with Gasteiger partial charge in [-0.25, -0.2) is 0 Å². The Bertz CT molecular complexity index is 1100. The topological polar surface area (TPSA) is 48.3 Å². The molecular weight excluding hydrogens is 422 g/mol. The van der Waals surface area contributed by atoms with Gasteiger partial charge in [0.15, 0.2) is 5.78 Å². The summed E-state index contributed by atoms with van der Waals surface area (Å²) in [6.45, 7) is 0. The molecule has 0 amide bonds. The van der Waals surface area contributed by atoms with Gasteiger partial charge >= 0.3 is 5.97 Å². The maximum absolute atomic E-state index is 13.1. The minimum atomic E-state index is -0.289. The molecule has 0 aliphatic carbocycles. The molecule has 0 saturated carbocycles. The van der Waals surface area contributed by atoms with Gasteiger partial charge in [0, 0.05) is 47.1 Å². The molecule has 0 aliphatic heterocycles. The highest BCUT2D eigenvalue weighted by Gasteiger charge is 2.21. The zero-order valence-electron chi connectivity index (χ0n) is 18.8. The number of aromatic nitrogens is 1. The van der Waals surface area contributed by atoms with E-state index >= 15 is 0 Å². The minimum absolute atomic E-state index is 0.0562. The number of ketones is 1. The highest BCUT2D eigenvalue weighted by Crippen LogP contribution is 2.30. The van der Waals surface area contributed by atoms with Crippen LogP contribution in [0, 0.1) is 0 Å². The molecule has 0 saturated heterocycles. The summed E-state index contributed by atoms with van der Waals surface area (Å²) in [5.41, 5.74) is 4.00. The highest BCUT2D eigenvalue weighted by molar-refractivity contribution is 6.31. The van der Waals surface area contributed by atoms with E-state index in [-0.39, 0.29) is 18.2 Å². The lowest BCUT2D eigenvalue weighted by atomic mass is 9.99. The Morgan fingerprint density at radius 3 is 2.56 bits per heavy atom. The van der Waals surface area contributed by atoms with E-state index in [9.17, 15) is 9.59 Å². The second-order valence-corrected chi connectivity index (χ2v) is 8.39. The average molecular weight is 452 g/mol. The SMILES string of the molecule is COC(=O)CCCC(=O)c1c(CCCC/C=C/c2ccccc2)n(C)c2ccc(Cl)cc12. The molecule has 0 bridgehead atoms. The number of carbonyl (C=O) groups is 2. The first-order valence-electron chi connectivity index (χ1n) is 11.1. The fourth-order valence-electron chi connectivity index (χ4n) is 4.03. The van der Waals surface area contributed by atoms with Crippen molar-refractivity contribution in [2.75, 3.05) is 7.11 Å². The summed E-state index contributed by atoms with van der Waals surface area (Å²) in [5, 5.41) is 1.51. The van der Waals surface area contributed by atoms with Crippen LogP contribution in [0.5, 0.6) is 0 Å². The van der Waals surface area contributed by atoms with Gasteiger partial charge in [-0.2, -0.15) is 0 Å². The third-order valence-electron chi connectivity index (χ3n) is 5.72. The number of allylic oxidation sites excluding steroid dienone is 1. The van der Waals surface area contributed by atoms with E-state index in [1.165, 1.54) is 12.7 Å². The number of ether oxygens (including phenoxy) is 1. The summed E-state index contributed by atoms with van der Waals surface area (Å²) >= 11 is 6.24. The summed E-state index contributed by atoms with van der Waals surface area (Å²) in [7, 11) is 3.37. The molecule has 168 valence electrons. The van der Waals surface area contributed by atoms with Gasteiger partial charge < -0.3 is 9.30 Å². The van der Waals surface area contributed by atoms with Gasteiger partial charge in [-0.1, -0.05) is 54.1 Å². The molecule has 2 aromatic carbocycles. The lowest BCUT2D eigenvalue weighted by molar-refractivity contribution is -0.140. The zero-order chi connectivity index (χ0) is 22.9. The monoisotopic (exact) mass is 451 g/mol. The molecule has 3 rings (SSSR count). The number of halogens is 1. The molecule has 0 aliphatic rings. The van der Waals surface area contributed by atoms with Crippen LogP contribution in [-0.4, -0.2) is 23.4 Å². The lowest BCUT2D eigenvalue weighted by Gasteiger charge is -2.08. The van der Waals surface area contributed by atoms with E-state index in [1.807, 2.05) is 43.4 Å². The minimum Gasteiger partial charge on any atom is -0.469 e. The second kappa shape index (κ2) is 11.7. The van der Waals surface area contributed by atoms with Crippen molar-refractivity contribution in [1.29, 1.82) is 0 Å². The number of esters is 1. The average Bonchev–Trinajstić information content (AvgIpc) is 3.07. The van der Waals surface area contributed by atoms with Crippen LogP contribution in [0.15, 0.2) is 54.6 Å². The number of fused-ring (bicyclic) bond motifs is 1. The summed E-state index contributed by atoms with van der Waals surface area (Å²) in [5.74, 6) is -0.233. The highest BCUT2D eigenvalue weighted by atomic mass is 35.5. The van der Waals surface area contributed by atoms with Gasteiger partial charge in [0.2, 0.25) is 0 Å². The Labute approximate surface area is 194 Å². The number of hydrogen-bond donors (Lipinski definition) is 0. The molecule has 0 atom stereocenters. The summed E-state index contributed by atoms with van der Waals surface area (Å²) < 4.78 is 6.80. The first-order chi connectivity index (χ1) is 15.5. The van der Waals surface area contributed by atoms with Crippen molar-refractivity contribution in [2.24, 2.45) is 7.05 Å². The number of rotatable bonds is 11. The molecule has 0 spiro atoms. The van der Waals surface area contributed by atoms with E-state index in [1.54, 1.807) is 0 Å². The molecule has 1 heterocycles. The Morgan fingerprint density at radius 2 is 1.81 bits per heavy atom. The molecule has 4 nitrogen and oxygen atoms in total. The van der Waals surface area contributed by atoms with Crippen LogP contribution in [0.3, 0.4) is 0 Å². The van der Waals surface area contributed by atoms with Crippen LogP contribution >= 0.6 is 11.6 Å². The predicted molar refractivity (Wildman–Crippen MR) is 131 cm³/mol. The molecule has 3 aromatic rings. The number of nitrogens with zero attached hydrogens (tertiary/aromatic N) is 1. The van der Waals surface area contributed by atoms with Crippen LogP contribution in [-0.2, 0) is 23.0 Å². The van der Waals surface area contributed by atoms with Crippen molar-refractivity contribution >= 4 is 40.3 Å². The van der Waals surface area contributed by atoms with Gasteiger partial charge in [0.25, 0.3) is 0 Å².